The maximum atomic E-state index is 12.1. The van der Waals surface area contributed by atoms with E-state index in [1.165, 1.54) is 24.9 Å². The molecule has 1 aromatic carbocycles. The van der Waals surface area contributed by atoms with Crippen molar-refractivity contribution in [2.24, 2.45) is 0 Å². The molecule has 0 N–H and O–H groups in total. The Hall–Kier alpha value is -2.34. The third-order valence-electron chi connectivity index (χ3n) is 3.40. The first-order chi connectivity index (χ1) is 10.7. The number of fused-ring (bicyclic) bond motifs is 1. The van der Waals surface area contributed by atoms with E-state index in [4.69, 9.17) is 0 Å². The number of carbonyl (C=O) groups is 2. The Morgan fingerprint density at radius 3 is 3.05 bits per heavy atom. The van der Waals surface area contributed by atoms with Crippen LogP contribution in [0.1, 0.15) is 5.56 Å². The van der Waals surface area contributed by atoms with Crippen LogP contribution in [0.15, 0.2) is 47.6 Å². The number of methoxy groups -OCH3 is 1. The number of hydrogen-bond donors (Lipinski definition) is 0. The number of hydrogen-bond acceptors (Lipinski definition) is 5. The summed E-state index contributed by atoms with van der Waals surface area (Å²) in [6, 6.07) is 9.73. The number of esters is 1. The fourth-order valence-corrected chi connectivity index (χ4v) is 3.25. The summed E-state index contributed by atoms with van der Waals surface area (Å²) in [5.41, 5.74) is 1.82. The van der Waals surface area contributed by atoms with Crippen LogP contribution in [-0.2, 0) is 20.9 Å². The average Bonchev–Trinajstić information content (AvgIpc) is 2.88. The maximum Gasteiger partial charge on any atom is 0.333 e. The fraction of sp³-hybridized carbons (Fsp3) is 0.188. The summed E-state index contributed by atoms with van der Waals surface area (Å²) >= 11 is 1.34. The van der Waals surface area contributed by atoms with Gasteiger partial charge in [-0.15, -0.1) is 0 Å². The average molecular weight is 314 g/mol. The smallest absolute Gasteiger partial charge is 0.333 e. The Morgan fingerprint density at radius 2 is 2.23 bits per heavy atom. The number of amides is 1. The maximum absolute atomic E-state index is 12.1. The lowest BCUT2D eigenvalue weighted by molar-refractivity contribution is -0.134. The Morgan fingerprint density at radius 1 is 1.41 bits per heavy atom. The van der Waals surface area contributed by atoms with Gasteiger partial charge < -0.3 is 9.64 Å². The summed E-state index contributed by atoms with van der Waals surface area (Å²) in [7, 11) is 1.32. The lowest BCUT2D eigenvalue weighted by Crippen LogP contribution is -2.24. The van der Waals surface area contributed by atoms with Gasteiger partial charge in [0, 0.05) is 11.6 Å². The highest BCUT2D eigenvalue weighted by Gasteiger charge is 2.28. The van der Waals surface area contributed by atoms with E-state index in [1.54, 1.807) is 11.1 Å². The number of benzene rings is 1. The Labute approximate surface area is 132 Å². The highest BCUT2D eigenvalue weighted by molar-refractivity contribution is 8.04. The summed E-state index contributed by atoms with van der Waals surface area (Å²) < 4.78 is 4.64. The zero-order valence-electron chi connectivity index (χ0n) is 12.0. The molecule has 22 heavy (non-hydrogen) atoms. The third kappa shape index (κ3) is 2.82. The summed E-state index contributed by atoms with van der Waals surface area (Å²) in [5, 5.41) is 1.64. The molecule has 1 aromatic heterocycles. The van der Waals surface area contributed by atoms with Crippen LogP contribution in [0.25, 0.3) is 10.9 Å². The van der Waals surface area contributed by atoms with Gasteiger partial charge in [0.05, 0.1) is 36.0 Å². The number of para-hydroxylation sites is 1. The molecule has 3 rings (SSSR count). The quantitative estimate of drug-likeness (QED) is 0.643. The van der Waals surface area contributed by atoms with Crippen molar-refractivity contribution in [1.82, 2.24) is 9.88 Å². The summed E-state index contributed by atoms with van der Waals surface area (Å²) in [4.78, 5) is 29.5. The van der Waals surface area contributed by atoms with Crippen LogP contribution in [0.5, 0.6) is 0 Å². The summed E-state index contributed by atoms with van der Waals surface area (Å²) in [6.07, 6.45) is 3.09. The molecule has 1 saturated heterocycles. The number of carbonyl (C=O) groups excluding carboxylic acids is 2. The first-order valence-electron chi connectivity index (χ1n) is 6.74. The molecule has 0 spiro atoms. The number of rotatable bonds is 3. The van der Waals surface area contributed by atoms with Crippen molar-refractivity contribution in [2.45, 2.75) is 6.54 Å². The van der Waals surface area contributed by atoms with Crippen molar-refractivity contribution in [3.8, 4) is 0 Å². The molecule has 5 nitrogen and oxygen atoms in total. The van der Waals surface area contributed by atoms with Crippen molar-refractivity contribution in [3.63, 3.8) is 0 Å². The Balaban J connectivity index is 1.94. The minimum absolute atomic E-state index is 0.0203. The number of pyridine rings is 1. The second kappa shape index (κ2) is 6.19. The predicted molar refractivity (Wildman–Crippen MR) is 84.9 cm³/mol. The fourth-order valence-electron chi connectivity index (χ4n) is 2.33. The van der Waals surface area contributed by atoms with Crippen molar-refractivity contribution < 1.29 is 14.3 Å². The van der Waals surface area contributed by atoms with E-state index in [2.05, 4.69) is 9.72 Å². The SMILES string of the molecule is COC(=O)C=C1SCC(=O)N1Cc1cccc2cccnc12. The molecule has 1 fully saturated rings. The summed E-state index contributed by atoms with van der Waals surface area (Å²) in [5.74, 6) is -0.146. The predicted octanol–water partition coefficient (Wildman–Crippen LogP) is 2.32. The van der Waals surface area contributed by atoms with Gasteiger partial charge in [-0.05, 0) is 11.6 Å². The molecule has 6 heteroatoms. The molecule has 112 valence electrons. The van der Waals surface area contributed by atoms with Crippen LogP contribution < -0.4 is 0 Å². The van der Waals surface area contributed by atoms with E-state index in [-0.39, 0.29) is 5.91 Å². The molecule has 2 heterocycles. The van der Waals surface area contributed by atoms with Crippen LogP contribution >= 0.6 is 11.8 Å². The minimum Gasteiger partial charge on any atom is -0.466 e. The number of thioether (sulfide) groups is 1. The van der Waals surface area contributed by atoms with E-state index >= 15 is 0 Å². The topological polar surface area (TPSA) is 59.5 Å². The van der Waals surface area contributed by atoms with Crippen molar-refractivity contribution >= 4 is 34.5 Å². The molecule has 1 aliphatic rings. The van der Waals surface area contributed by atoms with Crippen LogP contribution in [-0.4, -0.2) is 34.6 Å². The van der Waals surface area contributed by atoms with Gasteiger partial charge in [0.1, 0.15) is 0 Å². The zero-order chi connectivity index (χ0) is 15.5. The standard InChI is InChI=1S/C16H14N2O3S/c1-21-15(20)8-14-18(13(19)10-22-14)9-12-5-2-4-11-6-3-7-17-16(11)12/h2-8H,9-10H2,1H3. The normalized spacial score (nSPS) is 16.5. The lowest BCUT2D eigenvalue weighted by Gasteiger charge is -2.17. The van der Waals surface area contributed by atoms with Crippen LogP contribution in [0.2, 0.25) is 0 Å². The third-order valence-corrected chi connectivity index (χ3v) is 4.42. The van der Waals surface area contributed by atoms with Crippen LogP contribution in [0, 0.1) is 0 Å². The molecular weight excluding hydrogens is 300 g/mol. The van der Waals surface area contributed by atoms with Gasteiger partial charge in [0.15, 0.2) is 0 Å². The van der Waals surface area contributed by atoms with Gasteiger partial charge in [-0.25, -0.2) is 4.79 Å². The van der Waals surface area contributed by atoms with E-state index in [0.29, 0.717) is 17.3 Å². The first-order valence-corrected chi connectivity index (χ1v) is 7.73. The Bertz CT molecular complexity index is 768. The van der Waals surface area contributed by atoms with Crippen LogP contribution in [0.4, 0.5) is 0 Å². The molecule has 2 aromatic rings. The van der Waals surface area contributed by atoms with E-state index in [1.807, 2.05) is 30.3 Å². The lowest BCUT2D eigenvalue weighted by atomic mass is 10.1. The highest BCUT2D eigenvalue weighted by atomic mass is 32.2. The van der Waals surface area contributed by atoms with Crippen molar-refractivity contribution in [3.05, 3.63) is 53.2 Å². The second-order valence-electron chi connectivity index (χ2n) is 4.77. The molecule has 1 amide bonds. The van der Waals surface area contributed by atoms with Gasteiger partial charge >= 0.3 is 5.97 Å². The Kier molecular flexibility index (Phi) is 4.11. The van der Waals surface area contributed by atoms with Crippen molar-refractivity contribution in [1.29, 1.82) is 0 Å². The monoisotopic (exact) mass is 314 g/mol. The molecule has 0 unspecified atom stereocenters. The number of nitrogens with zero attached hydrogens (tertiary/aromatic N) is 2. The molecule has 0 bridgehead atoms. The molecule has 0 atom stereocenters. The summed E-state index contributed by atoms with van der Waals surface area (Å²) in [6.45, 7) is 0.392. The van der Waals surface area contributed by atoms with Gasteiger partial charge in [-0.2, -0.15) is 0 Å². The second-order valence-corrected chi connectivity index (χ2v) is 5.76. The van der Waals surface area contributed by atoms with Crippen LogP contribution in [0.3, 0.4) is 0 Å². The molecule has 1 aliphatic heterocycles. The zero-order valence-corrected chi connectivity index (χ0v) is 12.8. The molecule has 0 radical (unpaired) electrons. The van der Waals surface area contributed by atoms with E-state index in [0.717, 1.165) is 16.5 Å². The van der Waals surface area contributed by atoms with Gasteiger partial charge in [-0.3, -0.25) is 9.78 Å². The van der Waals surface area contributed by atoms with E-state index in [9.17, 15) is 9.59 Å². The van der Waals surface area contributed by atoms with E-state index < -0.39 is 5.97 Å². The number of ether oxygens (including phenoxy) is 1. The molecule has 0 aliphatic carbocycles. The van der Waals surface area contributed by atoms with Gasteiger partial charge in [0.25, 0.3) is 0 Å². The van der Waals surface area contributed by atoms with Gasteiger partial charge in [0.2, 0.25) is 5.91 Å². The van der Waals surface area contributed by atoms with Gasteiger partial charge in [-0.1, -0.05) is 36.0 Å². The first kappa shape index (κ1) is 14.6. The highest BCUT2D eigenvalue weighted by Crippen LogP contribution is 2.31. The molecular formula is C16H14N2O3S. The minimum atomic E-state index is -0.460. The largest absolute Gasteiger partial charge is 0.466 e. The number of aromatic nitrogens is 1. The van der Waals surface area contributed by atoms with Crippen molar-refractivity contribution in [2.75, 3.05) is 12.9 Å². The molecule has 0 saturated carbocycles.